The molecule has 26 heavy (non-hydrogen) atoms. The minimum absolute atomic E-state index is 0.00404. The summed E-state index contributed by atoms with van der Waals surface area (Å²) in [5.74, 6) is 0.507. The molecule has 1 saturated heterocycles. The van der Waals surface area contributed by atoms with E-state index in [2.05, 4.69) is 10.6 Å². The van der Waals surface area contributed by atoms with E-state index in [-0.39, 0.29) is 30.3 Å². The normalized spacial score (nSPS) is 14.8. The van der Waals surface area contributed by atoms with E-state index in [9.17, 15) is 14.4 Å². The third-order valence-corrected chi connectivity index (χ3v) is 4.68. The Kier molecular flexibility index (Phi) is 7.50. The molecular weight excluding hydrogens is 336 g/mol. The number of rotatable bonds is 7. The molecule has 2 rings (SSSR count). The monoisotopic (exact) mass is 364 g/mol. The van der Waals surface area contributed by atoms with E-state index in [0.717, 1.165) is 0 Å². The van der Waals surface area contributed by atoms with Gasteiger partial charge in [0, 0.05) is 32.1 Å². The number of carbonyl (C=O) groups is 3. The highest BCUT2D eigenvalue weighted by Gasteiger charge is 2.27. The van der Waals surface area contributed by atoms with Crippen LogP contribution in [0.4, 0.5) is 4.79 Å². The van der Waals surface area contributed by atoms with Gasteiger partial charge in [-0.3, -0.25) is 9.59 Å². The van der Waals surface area contributed by atoms with Gasteiger partial charge in [0.1, 0.15) is 5.76 Å². The lowest BCUT2D eigenvalue weighted by atomic mass is 9.96. The molecule has 0 atom stereocenters. The molecule has 0 spiro atoms. The van der Waals surface area contributed by atoms with Crippen LogP contribution in [-0.2, 0) is 16.1 Å². The lowest BCUT2D eigenvalue weighted by molar-refractivity contribution is -0.129. The molecule has 1 aliphatic rings. The second-order valence-corrected chi connectivity index (χ2v) is 6.28. The minimum atomic E-state index is -0.250. The highest BCUT2D eigenvalue weighted by Crippen LogP contribution is 2.17. The van der Waals surface area contributed by atoms with E-state index >= 15 is 0 Å². The number of carbonyl (C=O) groups excluding carboxylic acids is 3. The van der Waals surface area contributed by atoms with Crippen molar-refractivity contribution < 1.29 is 18.8 Å². The van der Waals surface area contributed by atoms with Crippen molar-refractivity contribution >= 4 is 17.8 Å². The molecular formula is C18H28N4O4. The van der Waals surface area contributed by atoms with Crippen molar-refractivity contribution in [1.82, 2.24) is 20.4 Å². The molecule has 4 amide bonds. The zero-order valence-electron chi connectivity index (χ0n) is 15.5. The predicted octanol–water partition coefficient (Wildman–Crippen LogP) is 1.19. The van der Waals surface area contributed by atoms with E-state index in [1.807, 2.05) is 19.9 Å². The van der Waals surface area contributed by atoms with Crippen LogP contribution in [0.2, 0.25) is 0 Å². The van der Waals surface area contributed by atoms with Crippen LogP contribution >= 0.6 is 0 Å². The second kappa shape index (κ2) is 9.84. The van der Waals surface area contributed by atoms with Crippen LogP contribution in [0.15, 0.2) is 22.8 Å². The summed E-state index contributed by atoms with van der Waals surface area (Å²) in [6.07, 6.45) is 2.80. The molecule has 0 aliphatic carbocycles. The van der Waals surface area contributed by atoms with Crippen molar-refractivity contribution in [2.24, 2.45) is 5.92 Å². The van der Waals surface area contributed by atoms with Gasteiger partial charge < -0.3 is 24.9 Å². The number of amides is 4. The third-order valence-electron chi connectivity index (χ3n) is 4.68. The van der Waals surface area contributed by atoms with Gasteiger partial charge in [-0.25, -0.2) is 4.79 Å². The Labute approximate surface area is 153 Å². The van der Waals surface area contributed by atoms with Crippen LogP contribution in [0.25, 0.3) is 0 Å². The van der Waals surface area contributed by atoms with E-state index in [1.165, 1.54) is 0 Å². The fraction of sp³-hybridized carbons (Fsp3) is 0.611. The molecule has 1 aromatic heterocycles. The molecule has 1 aliphatic heterocycles. The molecule has 0 aromatic carbocycles. The van der Waals surface area contributed by atoms with Crippen molar-refractivity contribution in [3.63, 3.8) is 0 Å². The highest BCUT2D eigenvalue weighted by molar-refractivity contribution is 5.84. The van der Waals surface area contributed by atoms with Gasteiger partial charge >= 0.3 is 6.03 Å². The van der Waals surface area contributed by atoms with Crippen molar-refractivity contribution in [3.05, 3.63) is 24.2 Å². The van der Waals surface area contributed by atoms with Crippen molar-refractivity contribution in [2.75, 3.05) is 32.7 Å². The quantitative estimate of drug-likeness (QED) is 0.760. The summed E-state index contributed by atoms with van der Waals surface area (Å²) in [5.41, 5.74) is 0. The molecule has 0 radical (unpaired) electrons. The molecule has 2 heterocycles. The number of nitrogens with zero attached hydrogens (tertiary/aromatic N) is 2. The fourth-order valence-electron chi connectivity index (χ4n) is 3.03. The number of nitrogens with one attached hydrogen (secondary N) is 2. The maximum absolute atomic E-state index is 12.2. The molecule has 0 unspecified atom stereocenters. The predicted molar refractivity (Wildman–Crippen MR) is 96.2 cm³/mol. The van der Waals surface area contributed by atoms with Crippen LogP contribution in [0.3, 0.4) is 0 Å². The first kappa shape index (κ1) is 19.8. The Morgan fingerprint density at radius 1 is 1.19 bits per heavy atom. The lowest BCUT2D eigenvalue weighted by Gasteiger charge is -2.31. The SMILES string of the molecule is CCN(CC)C(=O)CNC(=O)N1CCC(C(=O)NCc2ccco2)CC1. The first-order valence-corrected chi connectivity index (χ1v) is 9.15. The number of hydrogen-bond acceptors (Lipinski definition) is 4. The summed E-state index contributed by atoms with van der Waals surface area (Å²) in [6, 6.07) is 3.34. The van der Waals surface area contributed by atoms with Gasteiger partial charge in [-0.15, -0.1) is 0 Å². The number of furan rings is 1. The molecule has 8 nitrogen and oxygen atoms in total. The summed E-state index contributed by atoms with van der Waals surface area (Å²) in [6.45, 7) is 6.46. The fourth-order valence-corrected chi connectivity index (χ4v) is 3.03. The Bertz CT molecular complexity index is 590. The molecule has 0 bridgehead atoms. The summed E-state index contributed by atoms with van der Waals surface area (Å²) < 4.78 is 5.19. The second-order valence-electron chi connectivity index (χ2n) is 6.28. The van der Waals surface area contributed by atoms with Gasteiger partial charge in [0.05, 0.1) is 19.4 Å². The summed E-state index contributed by atoms with van der Waals surface area (Å²) >= 11 is 0. The largest absolute Gasteiger partial charge is 0.467 e. The topological polar surface area (TPSA) is 94.9 Å². The maximum Gasteiger partial charge on any atom is 0.317 e. The molecule has 1 fully saturated rings. The summed E-state index contributed by atoms with van der Waals surface area (Å²) in [4.78, 5) is 39.7. The first-order valence-electron chi connectivity index (χ1n) is 9.15. The van der Waals surface area contributed by atoms with Gasteiger partial charge in [-0.05, 0) is 38.8 Å². The van der Waals surface area contributed by atoms with Crippen molar-refractivity contribution in [3.8, 4) is 0 Å². The molecule has 8 heteroatoms. The average Bonchev–Trinajstić information content (AvgIpc) is 3.19. The molecule has 2 N–H and O–H groups in total. The zero-order valence-corrected chi connectivity index (χ0v) is 15.5. The number of urea groups is 1. The van der Waals surface area contributed by atoms with Crippen molar-refractivity contribution in [1.29, 1.82) is 0 Å². The summed E-state index contributed by atoms with van der Waals surface area (Å²) in [5, 5.41) is 5.53. The first-order chi connectivity index (χ1) is 12.5. The highest BCUT2D eigenvalue weighted by atomic mass is 16.3. The van der Waals surface area contributed by atoms with Crippen molar-refractivity contribution in [2.45, 2.75) is 33.2 Å². The lowest BCUT2D eigenvalue weighted by Crippen LogP contribution is -2.49. The van der Waals surface area contributed by atoms with E-state index in [0.29, 0.717) is 51.3 Å². The van der Waals surface area contributed by atoms with Gasteiger partial charge in [0.25, 0.3) is 0 Å². The number of likely N-dealkylation sites (N-methyl/N-ethyl adjacent to an activating group) is 1. The third kappa shape index (κ3) is 5.50. The van der Waals surface area contributed by atoms with Gasteiger partial charge in [0.15, 0.2) is 0 Å². The Balaban J connectivity index is 1.69. The Morgan fingerprint density at radius 2 is 1.88 bits per heavy atom. The standard InChI is InChI=1S/C18H28N4O4/c1-3-21(4-2)16(23)13-20-18(25)22-9-7-14(8-10-22)17(24)19-12-15-6-5-11-26-15/h5-6,11,14H,3-4,7-10,12-13H2,1-2H3,(H,19,24)(H,20,25). The minimum Gasteiger partial charge on any atom is -0.467 e. The van der Waals surface area contributed by atoms with Gasteiger partial charge in [-0.2, -0.15) is 0 Å². The van der Waals surface area contributed by atoms with Crippen LogP contribution in [0.1, 0.15) is 32.4 Å². The van der Waals surface area contributed by atoms with Gasteiger partial charge in [0.2, 0.25) is 11.8 Å². The Hall–Kier alpha value is -2.51. The summed E-state index contributed by atoms with van der Waals surface area (Å²) in [7, 11) is 0. The Morgan fingerprint density at radius 3 is 2.46 bits per heavy atom. The van der Waals surface area contributed by atoms with Crippen LogP contribution in [0.5, 0.6) is 0 Å². The number of hydrogen-bond donors (Lipinski definition) is 2. The van der Waals surface area contributed by atoms with Crippen LogP contribution < -0.4 is 10.6 Å². The van der Waals surface area contributed by atoms with E-state index in [1.54, 1.807) is 22.1 Å². The molecule has 1 aromatic rings. The van der Waals surface area contributed by atoms with Gasteiger partial charge in [-0.1, -0.05) is 0 Å². The average molecular weight is 364 g/mol. The molecule has 144 valence electrons. The zero-order chi connectivity index (χ0) is 18.9. The maximum atomic E-state index is 12.2. The number of likely N-dealkylation sites (tertiary alicyclic amines) is 1. The van der Waals surface area contributed by atoms with Crippen LogP contribution in [0, 0.1) is 5.92 Å². The smallest absolute Gasteiger partial charge is 0.317 e. The molecule has 0 saturated carbocycles. The van der Waals surface area contributed by atoms with Crippen LogP contribution in [-0.4, -0.2) is 60.4 Å². The van der Waals surface area contributed by atoms with E-state index in [4.69, 9.17) is 4.42 Å². The number of piperidine rings is 1. The van der Waals surface area contributed by atoms with E-state index < -0.39 is 0 Å².